The van der Waals surface area contributed by atoms with Crippen LogP contribution in [-0.4, -0.2) is 109 Å². The van der Waals surface area contributed by atoms with Crippen LogP contribution in [0.4, 0.5) is 0 Å². The maximum absolute atomic E-state index is 13.9. The van der Waals surface area contributed by atoms with Gasteiger partial charge in [0.2, 0.25) is 23.6 Å². The molecule has 0 fully saturated rings. The predicted molar refractivity (Wildman–Crippen MR) is 198 cm³/mol. The number of hydrogen-bond acceptors (Lipinski definition) is 6. The quantitative estimate of drug-likeness (QED) is 0.0701. The lowest BCUT2D eigenvalue weighted by Gasteiger charge is -2.29. The van der Waals surface area contributed by atoms with Crippen LogP contribution in [0.25, 0.3) is 0 Å². The molecule has 0 saturated carbocycles. The van der Waals surface area contributed by atoms with Crippen molar-refractivity contribution >= 4 is 29.6 Å². The second-order valence-corrected chi connectivity index (χ2v) is 13.8. The van der Waals surface area contributed by atoms with Crippen LogP contribution in [0.15, 0.2) is 0 Å². The van der Waals surface area contributed by atoms with Gasteiger partial charge in [0, 0.05) is 33.6 Å². The van der Waals surface area contributed by atoms with Gasteiger partial charge in [-0.3, -0.25) is 24.0 Å². The zero-order chi connectivity index (χ0) is 36.7. The van der Waals surface area contributed by atoms with Gasteiger partial charge in [-0.15, -0.1) is 0 Å². The maximum atomic E-state index is 13.9. The van der Waals surface area contributed by atoms with E-state index in [0.29, 0.717) is 13.1 Å². The number of unbranched alkanes of at least 4 members (excludes halogenated alkanes) is 18. The fourth-order valence-corrected chi connectivity index (χ4v) is 5.90. The van der Waals surface area contributed by atoms with Crippen LogP contribution in [0, 0.1) is 0 Å². The van der Waals surface area contributed by atoms with Crippen LogP contribution < -0.4 is 10.6 Å². The number of nitrogens with one attached hydrogen (secondary N) is 2. The van der Waals surface area contributed by atoms with Crippen LogP contribution in [0.1, 0.15) is 155 Å². The van der Waals surface area contributed by atoms with Crippen molar-refractivity contribution in [3.8, 4) is 0 Å². The lowest BCUT2D eigenvalue weighted by atomic mass is 10.0. The first-order valence-corrected chi connectivity index (χ1v) is 19.5. The van der Waals surface area contributed by atoms with E-state index >= 15 is 0 Å². The molecular weight excluding hydrogens is 622 g/mol. The van der Waals surface area contributed by atoms with Crippen molar-refractivity contribution in [2.24, 2.45) is 0 Å². The average Bonchev–Trinajstić information content (AvgIpc) is 3.06. The summed E-state index contributed by atoms with van der Waals surface area (Å²) in [5.74, 6) is -2.50. The highest BCUT2D eigenvalue weighted by Crippen LogP contribution is 2.14. The normalized spacial score (nSPS) is 11.6. The summed E-state index contributed by atoms with van der Waals surface area (Å²) >= 11 is 0. The lowest BCUT2D eigenvalue weighted by molar-refractivity contribution is -0.141. The van der Waals surface area contributed by atoms with E-state index in [9.17, 15) is 29.1 Å². The van der Waals surface area contributed by atoms with Gasteiger partial charge in [-0.05, 0) is 26.3 Å². The van der Waals surface area contributed by atoms with Crippen molar-refractivity contribution in [1.29, 1.82) is 0 Å². The zero-order valence-electron chi connectivity index (χ0n) is 32.0. The summed E-state index contributed by atoms with van der Waals surface area (Å²) in [6.45, 7) is 5.23. The van der Waals surface area contributed by atoms with Crippen molar-refractivity contribution in [3.05, 3.63) is 0 Å². The van der Waals surface area contributed by atoms with E-state index < -0.39 is 23.8 Å². The van der Waals surface area contributed by atoms with Crippen LogP contribution in [0.3, 0.4) is 0 Å². The van der Waals surface area contributed by atoms with Gasteiger partial charge in [0.25, 0.3) is 0 Å². The van der Waals surface area contributed by atoms with Gasteiger partial charge in [-0.25, -0.2) is 0 Å². The Morgan fingerprint density at radius 2 is 1.00 bits per heavy atom. The topological polar surface area (TPSA) is 139 Å². The Hall–Kier alpha value is -2.69. The highest BCUT2D eigenvalue weighted by molar-refractivity contribution is 5.91. The summed E-state index contributed by atoms with van der Waals surface area (Å²) in [6, 6.07) is -0.988. The second-order valence-electron chi connectivity index (χ2n) is 13.8. The molecule has 0 rings (SSSR count). The molecule has 1 atom stereocenters. The fourth-order valence-electron chi connectivity index (χ4n) is 5.90. The van der Waals surface area contributed by atoms with Gasteiger partial charge in [0.15, 0.2) is 0 Å². The van der Waals surface area contributed by atoms with Crippen molar-refractivity contribution in [2.75, 3.05) is 53.9 Å². The monoisotopic (exact) mass is 696 g/mol. The number of nitrogens with zero attached hydrogens (tertiary/aromatic N) is 3. The minimum atomic E-state index is -1.04. The van der Waals surface area contributed by atoms with Crippen molar-refractivity contribution in [3.63, 3.8) is 0 Å². The molecule has 0 aromatic rings. The number of carbonyl (C=O) groups excluding carboxylic acids is 4. The summed E-state index contributed by atoms with van der Waals surface area (Å²) in [5.41, 5.74) is 0. The number of rotatable bonds is 33. The van der Waals surface area contributed by atoms with Gasteiger partial charge in [0.05, 0.1) is 19.6 Å². The Morgan fingerprint density at radius 3 is 1.41 bits per heavy atom. The predicted octanol–water partition coefficient (Wildman–Crippen LogP) is 6.14. The standard InChI is InChI=1S/C38H73N5O6/c1-6-8-10-12-14-16-18-20-22-24-28-43(29-25-23-21-19-17-15-13-11-9-7-2)38(49)33(26-27-37(47)48)40-34(44)31-41(4)36(46)32-42(5)35(45)30-39-3/h33,39H,6-32H2,1-5H3,(H,40,44)(H,47,48)/t33-/m0/s1. The molecule has 0 saturated heterocycles. The van der Waals surface area contributed by atoms with E-state index in [1.807, 2.05) is 4.90 Å². The third kappa shape index (κ3) is 25.9. The first-order chi connectivity index (χ1) is 23.6. The van der Waals surface area contributed by atoms with E-state index in [0.717, 1.165) is 38.5 Å². The Labute approximate surface area is 298 Å². The molecular formula is C38H73N5O6. The average molecular weight is 696 g/mol. The summed E-state index contributed by atoms with van der Waals surface area (Å²) in [7, 11) is 4.63. The third-order valence-electron chi connectivity index (χ3n) is 9.09. The van der Waals surface area contributed by atoms with Crippen LogP contribution >= 0.6 is 0 Å². The minimum Gasteiger partial charge on any atom is -0.481 e. The number of aliphatic carboxylic acids is 1. The first kappa shape index (κ1) is 46.3. The van der Waals surface area contributed by atoms with E-state index in [1.165, 1.54) is 114 Å². The molecule has 0 bridgehead atoms. The number of likely N-dealkylation sites (N-methyl/N-ethyl adjacent to an activating group) is 3. The highest BCUT2D eigenvalue weighted by Gasteiger charge is 2.27. The minimum absolute atomic E-state index is 0.0224. The zero-order valence-corrected chi connectivity index (χ0v) is 32.0. The lowest BCUT2D eigenvalue weighted by Crippen LogP contribution is -2.52. The summed E-state index contributed by atoms with van der Waals surface area (Å²) in [4.78, 5) is 67.4. The molecule has 0 aromatic carbocycles. The number of carbonyl (C=O) groups is 5. The van der Waals surface area contributed by atoms with Crippen LogP contribution in [0.5, 0.6) is 0 Å². The first-order valence-electron chi connectivity index (χ1n) is 19.5. The molecule has 0 aliphatic rings. The number of hydrogen-bond donors (Lipinski definition) is 3. The molecule has 0 aliphatic carbocycles. The Balaban J connectivity index is 5.22. The number of carboxylic acid groups (broad SMARTS) is 1. The summed E-state index contributed by atoms with van der Waals surface area (Å²) < 4.78 is 0. The largest absolute Gasteiger partial charge is 0.481 e. The molecule has 0 aliphatic heterocycles. The molecule has 11 heteroatoms. The van der Waals surface area contributed by atoms with Gasteiger partial charge < -0.3 is 30.4 Å². The van der Waals surface area contributed by atoms with E-state index in [4.69, 9.17) is 0 Å². The van der Waals surface area contributed by atoms with Gasteiger partial charge in [0.1, 0.15) is 6.04 Å². The Morgan fingerprint density at radius 1 is 0.592 bits per heavy atom. The molecule has 4 amide bonds. The van der Waals surface area contributed by atoms with Gasteiger partial charge in [-0.1, -0.05) is 129 Å². The van der Waals surface area contributed by atoms with Gasteiger partial charge >= 0.3 is 5.97 Å². The molecule has 0 aromatic heterocycles. The molecule has 49 heavy (non-hydrogen) atoms. The molecule has 0 spiro atoms. The molecule has 286 valence electrons. The fraction of sp³-hybridized carbons (Fsp3) is 0.868. The second kappa shape index (κ2) is 31.3. The summed E-state index contributed by atoms with van der Waals surface area (Å²) in [6.07, 6.45) is 23.6. The van der Waals surface area contributed by atoms with Crippen molar-refractivity contribution in [2.45, 2.75) is 161 Å². The SMILES string of the molecule is CCCCCCCCCCCCN(CCCCCCCCCCCC)C(=O)[C@H](CCC(=O)O)NC(=O)CN(C)C(=O)CN(C)C(=O)CNC. The van der Waals surface area contributed by atoms with E-state index in [2.05, 4.69) is 24.5 Å². The molecule has 0 heterocycles. The Bertz CT molecular complexity index is 878. The smallest absolute Gasteiger partial charge is 0.303 e. The molecule has 0 unspecified atom stereocenters. The van der Waals surface area contributed by atoms with E-state index in [-0.39, 0.29) is 44.3 Å². The summed E-state index contributed by atoms with van der Waals surface area (Å²) in [5, 5.41) is 14.9. The number of amides is 4. The van der Waals surface area contributed by atoms with Crippen LogP contribution in [0.2, 0.25) is 0 Å². The highest BCUT2D eigenvalue weighted by atomic mass is 16.4. The molecule has 0 radical (unpaired) electrons. The maximum Gasteiger partial charge on any atom is 0.303 e. The molecule has 3 N–H and O–H groups in total. The third-order valence-corrected chi connectivity index (χ3v) is 9.09. The van der Waals surface area contributed by atoms with Crippen molar-refractivity contribution < 1.29 is 29.1 Å². The number of carboxylic acids is 1. The van der Waals surface area contributed by atoms with Crippen LogP contribution in [-0.2, 0) is 24.0 Å². The Kier molecular flexibility index (Phi) is 29.6. The van der Waals surface area contributed by atoms with Crippen molar-refractivity contribution in [1.82, 2.24) is 25.3 Å². The van der Waals surface area contributed by atoms with E-state index in [1.54, 1.807) is 7.05 Å². The molecule has 11 nitrogen and oxygen atoms in total. The van der Waals surface area contributed by atoms with Gasteiger partial charge in [-0.2, -0.15) is 0 Å².